The Kier molecular flexibility index (Phi) is 3.56. The number of hydrogen-bond donors (Lipinski definition) is 2. The van der Waals surface area contributed by atoms with Crippen LogP contribution in [0, 0.1) is 11.8 Å². The molecule has 0 spiro atoms. The molecule has 0 aliphatic rings. The average Bonchev–Trinajstić information content (AvgIpc) is 2.36. The van der Waals surface area contributed by atoms with Gasteiger partial charge >= 0.3 is 0 Å². The van der Waals surface area contributed by atoms with Crippen LogP contribution in [0.1, 0.15) is 11.1 Å². The Balaban J connectivity index is 2.26. The lowest BCUT2D eigenvalue weighted by Gasteiger charge is -1.97. The summed E-state index contributed by atoms with van der Waals surface area (Å²) in [4.78, 5) is 0.0513. The summed E-state index contributed by atoms with van der Waals surface area (Å²) < 4.78 is 22.1. The van der Waals surface area contributed by atoms with Crippen molar-refractivity contribution in [2.45, 2.75) is 4.90 Å². The van der Waals surface area contributed by atoms with Gasteiger partial charge in [-0.3, -0.25) is 0 Å². The van der Waals surface area contributed by atoms with Crippen LogP contribution in [0.4, 0.5) is 0 Å². The molecule has 0 amide bonds. The quantitative estimate of drug-likeness (QED) is 0.771. The first-order chi connectivity index (χ1) is 8.95. The normalized spacial score (nSPS) is 10.6. The van der Waals surface area contributed by atoms with Gasteiger partial charge in [-0.2, -0.15) is 0 Å². The monoisotopic (exact) mass is 273 g/mol. The van der Waals surface area contributed by atoms with Crippen molar-refractivity contribution in [3.05, 3.63) is 59.7 Å². The van der Waals surface area contributed by atoms with Gasteiger partial charge in [0.25, 0.3) is 0 Å². The van der Waals surface area contributed by atoms with E-state index in [0.29, 0.717) is 11.1 Å². The van der Waals surface area contributed by atoms with E-state index < -0.39 is 10.0 Å². The number of primary sulfonamides is 1. The summed E-state index contributed by atoms with van der Waals surface area (Å²) >= 11 is 0. The first kappa shape index (κ1) is 13.1. The zero-order chi connectivity index (χ0) is 13.9. The molecule has 19 heavy (non-hydrogen) atoms. The number of phenolic OH excluding ortho intramolecular Hbond substituents is 1. The number of aromatic hydroxyl groups is 1. The summed E-state index contributed by atoms with van der Waals surface area (Å²) in [5.41, 5.74) is 1.34. The molecule has 2 aromatic carbocycles. The summed E-state index contributed by atoms with van der Waals surface area (Å²) in [7, 11) is -3.67. The van der Waals surface area contributed by atoms with Crippen LogP contribution in [0.2, 0.25) is 0 Å². The minimum atomic E-state index is -3.67. The Morgan fingerprint density at radius 2 is 1.58 bits per heavy atom. The van der Waals surface area contributed by atoms with Gasteiger partial charge in [0.05, 0.1) is 4.90 Å². The van der Waals surface area contributed by atoms with Crippen molar-refractivity contribution in [3.63, 3.8) is 0 Å². The number of benzene rings is 2. The van der Waals surface area contributed by atoms with Crippen molar-refractivity contribution in [1.29, 1.82) is 0 Å². The number of sulfonamides is 1. The predicted octanol–water partition coefficient (Wildman–Crippen LogP) is 1.44. The van der Waals surface area contributed by atoms with Crippen LogP contribution in [0.15, 0.2) is 53.4 Å². The summed E-state index contributed by atoms with van der Waals surface area (Å²) in [6, 6.07) is 12.5. The largest absolute Gasteiger partial charge is 0.508 e. The first-order valence-corrected chi connectivity index (χ1v) is 6.94. The molecule has 0 radical (unpaired) electrons. The fourth-order valence-electron chi connectivity index (χ4n) is 1.46. The molecule has 0 unspecified atom stereocenters. The highest BCUT2D eigenvalue weighted by Gasteiger charge is 2.05. The van der Waals surface area contributed by atoms with E-state index in [4.69, 9.17) is 5.14 Å². The Morgan fingerprint density at radius 1 is 0.947 bits per heavy atom. The minimum absolute atomic E-state index is 0.0513. The third-order valence-corrected chi connectivity index (χ3v) is 3.31. The lowest BCUT2D eigenvalue weighted by molar-refractivity contribution is 0.475. The summed E-state index contributed by atoms with van der Waals surface area (Å²) in [6.07, 6.45) is 0. The zero-order valence-electron chi connectivity index (χ0n) is 9.87. The van der Waals surface area contributed by atoms with Crippen LogP contribution >= 0.6 is 0 Å². The molecular weight excluding hydrogens is 262 g/mol. The van der Waals surface area contributed by atoms with Gasteiger partial charge in [0.1, 0.15) is 5.75 Å². The highest BCUT2D eigenvalue weighted by Crippen LogP contribution is 2.11. The van der Waals surface area contributed by atoms with E-state index >= 15 is 0 Å². The fourth-order valence-corrected chi connectivity index (χ4v) is 1.97. The molecule has 0 saturated carbocycles. The zero-order valence-corrected chi connectivity index (χ0v) is 10.7. The lowest BCUT2D eigenvalue weighted by atomic mass is 10.2. The van der Waals surface area contributed by atoms with Crippen LogP contribution in [0.5, 0.6) is 5.75 Å². The van der Waals surface area contributed by atoms with E-state index in [1.54, 1.807) is 36.4 Å². The second kappa shape index (κ2) is 5.14. The van der Waals surface area contributed by atoms with Gasteiger partial charge in [0, 0.05) is 11.1 Å². The minimum Gasteiger partial charge on any atom is -0.508 e. The van der Waals surface area contributed by atoms with Gasteiger partial charge < -0.3 is 5.11 Å². The molecule has 0 heterocycles. The third kappa shape index (κ3) is 3.58. The van der Waals surface area contributed by atoms with E-state index in [1.165, 1.54) is 12.1 Å². The van der Waals surface area contributed by atoms with Gasteiger partial charge in [-0.25, -0.2) is 13.6 Å². The lowest BCUT2D eigenvalue weighted by Crippen LogP contribution is -2.11. The average molecular weight is 273 g/mol. The van der Waals surface area contributed by atoms with Crippen molar-refractivity contribution < 1.29 is 13.5 Å². The third-order valence-electron chi connectivity index (χ3n) is 2.38. The molecule has 96 valence electrons. The summed E-state index contributed by atoms with van der Waals surface area (Å²) in [5, 5.41) is 14.3. The first-order valence-electron chi connectivity index (χ1n) is 5.39. The van der Waals surface area contributed by atoms with Crippen LogP contribution in [0.3, 0.4) is 0 Å². The van der Waals surface area contributed by atoms with Crippen LogP contribution in [0.25, 0.3) is 0 Å². The maximum absolute atomic E-state index is 11.1. The summed E-state index contributed by atoms with van der Waals surface area (Å²) in [5.74, 6) is 5.89. The number of phenols is 1. The van der Waals surface area contributed by atoms with E-state index in [9.17, 15) is 13.5 Å². The number of nitrogens with two attached hydrogens (primary N) is 1. The smallest absolute Gasteiger partial charge is 0.238 e. The maximum atomic E-state index is 11.1. The molecule has 5 heteroatoms. The standard InChI is InChI=1S/C14H11NO3S/c15-19(17,18)14-8-6-11(7-9-14)4-5-12-2-1-3-13(16)10-12/h1-3,6-10,16H,(H2,15,17,18). The molecular formula is C14H11NO3S. The van der Waals surface area contributed by atoms with Crippen molar-refractivity contribution in [3.8, 4) is 17.6 Å². The van der Waals surface area contributed by atoms with Gasteiger partial charge in [-0.15, -0.1) is 0 Å². The van der Waals surface area contributed by atoms with Gasteiger partial charge in [0.2, 0.25) is 10.0 Å². The van der Waals surface area contributed by atoms with Crippen LogP contribution in [-0.2, 0) is 10.0 Å². The topological polar surface area (TPSA) is 80.4 Å². The van der Waals surface area contributed by atoms with Gasteiger partial charge in [0.15, 0.2) is 0 Å². The van der Waals surface area contributed by atoms with Crippen molar-refractivity contribution in [2.24, 2.45) is 5.14 Å². The molecule has 0 aliphatic carbocycles. The number of rotatable bonds is 1. The van der Waals surface area contributed by atoms with E-state index in [0.717, 1.165) is 0 Å². The van der Waals surface area contributed by atoms with Gasteiger partial charge in [-0.1, -0.05) is 17.9 Å². The predicted molar refractivity (Wildman–Crippen MR) is 71.9 cm³/mol. The molecule has 0 saturated heterocycles. The Bertz CT molecular complexity index is 753. The number of hydrogen-bond acceptors (Lipinski definition) is 3. The molecule has 2 aromatic rings. The second-order valence-electron chi connectivity index (χ2n) is 3.87. The summed E-state index contributed by atoms with van der Waals surface area (Å²) in [6.45, 7) is 0. The maximum Gasteiger partial charge on any atom is 0.238 e. The molecule has 4 nitrogen and oxygen atoms in total. The van der Waals surface area contributed by atoms with E-state index in [-0.39, 0.29) is 10.6 Å². The molecule has 0 atom stereocenters. The molecule has 0 aliphatic heterocycles. The van der Waals surface area contributed by atoms with E-state index in [1.807, 2.05) is 0 Å². The molecule has 0 aromatic heterocycles. The van der Waals surface area contributed by atoms with Crippen LogP contribution in [-0.4, -0.2) is 13.5 Å². The second-order valence-corrected chi connectivity index (χ2v) is 5.43. The molecule has 0 fully saturated rings. The fraction of sp³-hybridized carbons (Fsp3) is 0. The highest BCUT2D eigenvalue weighted by atomic mass is 32.2. The van der Waals surface area contributed by atoms with Crippen molar-refractivity contribution >= 4 is 10.0 Å². The van der Waals surface area contributed by atoms with Crippen LogP contribution < -0.4 is 5.14 Å². The molecule has 0 bridgehead atoms. The van der Waals surface area contributed by atoms with Gasteiger partial charge in [-0.05, 0) is 42.5 Å². The van der Waals surface area contributed by atoms with Crippen molar-refractivity contribution in [2.75, 3.05) is 0 Å². The van der Waals surface area contributed by atoms with E-state index in [2.05, 4.69) is 11.8 Å². The Labute approximate surface area is 111 Å². The SMILES string of the molecule is NS(=O)(=O)c1ccc(C#Cc2cccc(O)c2)cc1. The Hall–Kier alpha value is -2.29. The van der Waals surface area contributed by atoms with Crippen molar-refractivity contribution in [1.82, 2.24) is 0 Å². The molecule has 2 rings (SSSR count). The molecule has 3 N–H and O–H groups in total. The Morgan fingerprint density at radius 3 is 2.16 bits per heavy atom. The highest BCUT2D eigenvalue weighted by molar-refractivity contribution is 7.89.